The number of hydrogen-bond acceptors (Lipinski definition) is 3. The molecule has 0 aromatic carbocycles. The van der Waals surface area contributed by atoms with Gasteiger partial charge in [-0.05, 0) is 64.2 Å². The number of hydrogen-bond donors (Lipinski definition) is 0. The summed E-state index contributed by atoms with van der Waals surface area (Å²) < 4.78 is 12.7. The van der Waals surface area contributed by atoms with E-state index in [1.54, 1.807) is 0 Å². The summed E-state index contributed by atoms with van der Waals surface area (Å²) in [4.78, 5) is 13.4. The molecule has 0 aliphatic heterocycles. The minimum Gasteiger partial charge on any atom is -0.458 e. The second-order valence-electron chi connectivity index (χ2n) is 11.9. The molecule has 0 aromatic heterocycles. The van der Waals surface area contributed by atoms with Crippen LogP contribution in [0.4, 0.5) is 0 Å². The topological polar surface area (TPSA) is 35.5 Å². The van der Waals surface area contributed by atoms with Gasteiger partial charge in [-0.1, -0.05) is 68.2 Å². The van der Waals surface area contributed by atoms with E-state index in [1.165, 1.54) is 0 Å². The van der Waals surface area contributed by atoms with Gasteiger partial charge in [0, 0.05) is 0 Å². The number of carbonyl (C=O) groups excluding carboxylic acids is 1. The number of unbranched alkanes of at least 4 members (excludes halogenated alkanes) is 1. The van der Waals surface area contributed by atoms with Crippen LogP contribution >= 0.6 is 0 Å². The summed E-state index contributed by atoms with van der Waals surface area (Å²) >= 11 is 0. The van der Waals surface area contributed by atoms with Gasteiger partial charge in [-0.25, -0.2) is 4.79 Å². The first-order valence-corrected chi connectivity index (χ1v) is 10.8. The summed E-state index contributed by atoms with van der Waals surface area (Å²) in [5.41, 5.74) is -1.56. The Balaban J connectivity index is 5.63. The van der Waals surface area contributed by atoms with Crippen LogP contribution in [-0.2, 0) is 14.3 Å². The minimum atomic E-state index is -0.875. The molecule has 0 aliphatic rings. The van der Waals surface area contributed by atoms with Gasteiger partial charge in [-0.15, -0.1) is 0 Å². The van der Waals surface area contributed by atoms with Crippen molar-refractivity contribution in [2.24, 2.45) is 10.8 Å². The molecule has 1 atom stereocenters. The average Bonchev–Trinajstić information content (AvgIpc) is 2.37. The molecule has 0 fully saturated rings. The summed E-state index contributed by atoms with van der Waals surface area (Å²) in [5.74, 6) is -0.199. The van der Waals surface area contributed by atoms with Crippen molar-refractivity contribution in [3.05, 3.63) is 0 Å². The first-order valence-electron chi connectivity index (χ1n) is 10.8. The maximum Gasteiger partial charge on any atom is 0.338 e. The Bertz CT molecular complexity index is 463. The third-order valence-corrected chi connectivity index (χ3v) is 4.63. The number of ether oxygens (including phenoxy) is 2. The minimum absolute atomic E-state index is 0.0917. The van der Waals surface area contributed by atoms with Crippen molar-refractivity contribution in [3.8, 4) is 0 Å². The van der Waals surface area contributed by atoms with Crippen LogP contribution in [0.3, 0.4) is 0 Å². The van der Waals surface area contributed by atoms with Crippen molar-refractivity contribution in [1.82, 2.24) is 0 Å². The molecule has 0 spiro atoms. The molecule has 0 aliphatic carbocycles. The first kappa shape index (κ1) is 26.4. The molecule has 1 unspecified atom stereocenters. The van der Waals surface area contributed by atoms with Crippen LogP contribution in [0, 0.1) is 10.8 Å². The highest BCUT2D eigenvalue weighted by Crippen LogP contribution is 2.38. The van der Waals surface area contributed by atoms with Crippen LogP contribution in [0.25, 0.3) is 0 Å². The highest BCUT2D eigenvalue weighted by molar-refractivity contribution is 5.80. The van der Waals surface area contributed by atoms with E-state index in [1.807, 2.05) is 20.8 Å². The summed E-state index contributed by atoms with van der Waals surface area (Å²) in [7, 11) is 0. The van der Waals surface area contributed by atoms with Crippen molar-refractivity contribution in [3.63, 3.8) is 0 Å². The highest BCUT2D eigenvalue weighted by Gasteiger charge is 2.46. The lowest BCUT2D eigenvalue weighted by atomic mass is 9.82. The van der Waals surface area contributed by atoms with Crippen molar-refractivity contribution in [2.75, 3.05) is 0 Å². The molecule has 0 heterocycles. The molecule has 3 heteroatoms. The molecule has 0 aromatic rings. The van der Waals surface area contributed by atoms with Crippen LogP contribution in [-0.4, -0.2) is 22.8 Å². The fourth-order valence-electron chi connectivity index (χ4n) is 4.55. The predicted molar refractivity (Wildman–Crippen MR) is 116 cm³/mol. The molecule has 162 valence electrons. The molecular weight excluding hydrogens is 336 g/mol. The number of rotatable bonds is 10. The van der Waals surface area contributed by atoms with Crippen molar-refractivity contribution < 1.29 is 14.3 Å². The monoisotopic (exact) mass is 384 g/mol. The first-order chi connectivity index (χ1) is 11.9. The quantitative estimate of drug-likeness (QED) is 0.370. The van der Waals surface area contributed by atoms with Crippen LogP contribution in [0.2, 0.25) is 0 Å². The van der Waals surface area contributed by atoms with Gasteiger partial charge in [-0.2, -0.15) is 0 Å². The van der Waals surface area contributed by atoms with E-state index < -0.39 is 16.8 Å². The summed E-state index contributed by atoms with van der Waals surface area (Å²) in [6.45, 7) is 25.6. The van der Waals surface area contributed by atoms with Crippen molar-refractivity contribution >= 4 is 5.97 Å². The van der Waals surface area contributed by atoms with Gasteiger partial charge in [-0.3, -0.25) is 0 Å². The van der Waals surface area contributed by atoms with E-state index in [9.17, 15) is 4.79 Å². The Hall–Kier alpha value is -0.570. The van der Waals surface area contributed by atoms with Crippen molar-refractivity contribution in [2.45, 2.75) is 138 Å². The zero-order chi connectivity index (χ0) is 21.7. The van der Waals surface area contributed by atoms with Gasteiger partial charge in [0.2, 0.25) is 0 Å². The summed E-state index contributed by atoms with van der Waals surface area (Å²) in [5, 5.41) is 0. The van der Waals surface area contributed by atoms with Crippen molar-refractivity contribution in [1.29, 1.82) is 0 Å². The molecule has 0 bridgehead atoms. The van der Waals surface area contributed by atoms with E-state index >= 15 is 0 Å². The standard InChI is InChI=1S/C24H48O3/c1-13-15-16-24(14-2,27-23(11,12)18-21(6,7)8)19(25)26-22(9,10)17-20(3,4)5/h13-18H2,1-12H3. The molecule has 0 rings (SSSR count). The Labute approximate surface area is 170 Å². The fourth-order valence-corrected chi connectivity index (χ4v) is 4.55. The van der Waals surface area contributed by atoms with E-state index in [4.69, 9.17) is 9.47 Å². The van der Waals surface area contributed by atoms with E-state index in [0.717, 1.165) is 25.7 Å². The molecule has 3 nitrogen and oxygen atoms in total. The molecule has 0 saturated heterocycles. The summed E-state index contributed by atoms with van der Waals surface area (Å²) in [6, 6.07) is 0. The maximum absolute atomic E-state index is 13.4. The summed E-state index contributed by atoms with van der Waals surface area (Å²) in [6.07, 6.45) is 5.01. The average molecular weight is 385 g/mol. The Morgan fingerprint density at radius 2 is 1.19 bits per heavy atom. The lowest BCUT2D eigenvalue weighted by Gasteiger charge is -2.43. The van der Waals surface area contributed by atoms with Gasteiger partial charge < -0.3 is 9.47 Å². The Morgan fingerprint density at radius 3 is 1.56 bits per heavy atom. The zero-order valence-corrected chi connectivity index (χ0v) is 20.5. The van der Waals surface area contributed by atoms with Crippen LogP contribution < -0.4 is 0 Å². The van der Waals surface area contributed by atoms with Crippen LogP contribution in [0.1, 0.15) is 122 Å². The van der Waals surface area contributed by atoms with E-state index in [-0.39, 0.29) is 16.8 Å². The smallest absolute Gasteiger partial charge is 0.338 e. The SMILES string of the molecule is CCCCC(CC)(OC(C)(C)CC(C)(C)C)C(=O)OC(C)(C)CC(C)(C)C. The third kappa shape index (κ3) is 10.5. The molecule has 0 amide bonds. The molecule has 0 saturated carbocycles. The van der Waals surface area contributed by atoms with Crippen LogP contribution in [0.5, 0.6) is 0 Å². The second-order valence-corrected chi connectivity index (χ2v) is 11.9. The van der Waals surface area contributed by atoms with Gasteiger partial charge >= 0.3 is 5.97 Å². The number of esters is 1. The van der Waals surface area contributed by atoms with Gasteiger partial charge in [0.25, 0.3) is 0 Å². The molecular formula is C24H48O3. The van der Waals surface area contributed by atoms with Gasteiger partial charge in [0.1, 0.15) is 5.60 Å². The number of carbonyl (C=O) groups is 1. The fraction of sp³-hybridized carbons (Fsp3) is 0.958. The molecule has 0 N–H and O–H groups in total. The van der Waals surface area contributed by atoms with Crippen LogP contribution in [0.15, 0.2) is 0 Å². The lowest BCUT2D eigenvalue weighted by Crippen LogP contribution is -2.51. The normalized spacial score (nSPS) is 16.1. The predicted octanol–water partition coefficient (Wildman–Crippen LogP) is 7.31. The van der Waals surface area contributed by atoms with E-state index in [2.05, 4.69) is 62.3 Å². The zero-order valence-electron chi connectivity index (χ0n) is 20.5. The maximum atomic E-state index is 13.4. The third-order valence-electron chi connectivity index (χ3n) is 4.63. The van der Waals surface area contributed by atoms with Gasteiger partial charge in [0.15, 0.2) is 5.60 Å². The van der Waals surface area contributed by atoms with E-state index in [0.29, 0.717) is 12.8 Å². The second kappa shape index (κ2) is 9.29. The lowest BCUT2D eigenvalue weighted by molar-refractivity contribution is -0.211. The Kier molecular flexibility index (Phi) is 9.09. The Morgan fingerprint density at radius 1 is 0.741 bits per heavy atom. The largest absolute Gasteiger partial charge is 0.458 e. The molecule has 0 radical (unpaired) electrons. The molecule has 27 heavy (non-hydrogen) atoms. The van der Waals surface area contributed by atoms with Gasteiger partial charge in [0.05, 0.1) is 5.60 Å². The highest BCUT2D eigenvalue weighted by atomic mass is 16.6.